The summed E-state index contributed by atoms with van der Waals surface area (Å²) in [5, 5.41) is 7.65. The molecule has 0 aromatic carbocycles. The van der Waals surface area contributed by atoms with Gasteiger partial charge in [0.25, 0.3) is 0 Å². The first-order valence-corrected chi connectivity index (χ1v) is 7.66. The van der Waals surface area contributed by atoms with E-state index < -0.39 is 0 Å². The molecule has 0 amide bonds. The SMILES string of the molecule is CC(C)Cn1ncnc1CNCCc1ccc(Cl)s1. The molecular weight excluding hydrogens is 280 g/mol. The van der Waals surface area contributed by atoms with Gasteiger partial charge in [-0.3, -0.25) is 0 Å². The summed E-state index contributed by atoms with van der Waals surface area (Å²) < 4.78 is 2.83. The van der Waals surface area contributed by atoms with E-state index in [1.54, 1.807) is 17.7 Å². The Hall–Kier alpha value is -0.910. The second-order valence-corrected chi connectivity index (χ2v) is 6.68. The standard InChI is InChI=1S/C13H19ClN4S/c1-10(2)8-18-13(16-9-17-18)7-15-6-5-11-3-4-12(14)19-11/h3-4,9-10,15H,5-8H2,1-2H3. The molecule has 1 N–H and O–H groups in total. The maximum absolute atomic E-state index is 5.90. The van der Waals surface area contributed by atoms with Crippen molar-refractivity contribution >= 4 is 22.9 Å². The van der Waals surface area contributed by atoms with Crippen LogP contribution in [0.5, 0.6) is 0 Å². The van der Waals surface area contributed by atoms with Crippen molar-refractivity contribution in [1.82, 2.24) is 20.1 Å². The maximum Gasteiger partial charge on any atom is 0.140 e. The van der Waals surface area contributed by atoms with Crippen LogP contribution in [0.25, 0.3) is 0 Å². The van der Waals surface area contributed by atoms with E-state index in [1.165, 1.54) is 4.88 Å². The van der Waals surface area contributed by atoms with Crippen LogP contribution in [0.3, 0.4) is 0 Å². The molecule has 0 radical (unpaired) electrons. The Morgan fingerprint density at radius 3 is 2.95 bits per heavy atom. The highest BCUT2D eigenvalue weighted by molar-refractivity contribution is 7.16. The van der Waals surface area contributed by atoms with Crippen molar-refractivity contribution in [3.8, 4) is 0 Å². The Kier molecular flexibility index (Phi) is 5.36. The molecule has 0 bridgehead atoms. The van der Waals surface area contributed by atoms with Gasteiger partial charge in [-0.25, -0.2) is 9.67 Å². The van der Waals surface area contributed by atoms with Gasteiger partial charge in [0.05, 0.1) is 10.9 Å². The number of nitrogens with zero attached hydrogens (tertiary/aromatic N) is 3. The number of hydrogen-bond donors (Lipinski definition) is 1. The topological polar surface area (TPSA) is 42.7 Å². The number of halogens is 1. The van der Waals surface area contributed by atoms with E-state index in [2.05, 4.69) is 35.3 Å². The fourth-order valence-electron chi connectivity index (χ4n) is 1.82. The summed E-state index contributed by atoms with van der Waals surface area (Å²) in [7, 11) is 0. The number of nitrogens with one attached hydrogen (secondary N) is 1. The van der Waals surface area contributed by atoms with Gasteiger partial charge in [-0.2, -0.15) is 5.10 Å². The molecule has 2 aromatic heterocycles. The van der Waals surface area contributed by atoms with Gasteiger partial charge in [-0.1, -0.05) is 25.4 Å². The van der Waals surface area contributed by atoms with Crippen molar-refractivity contribution in [1.29, 1.82) is 0 Å². The third-order valence-corrected chi connectivity index (χ3v) is 3.98. The zero-order chi connectivity index (χ0) is 13.7. The summed E-state index contributed by atoms with van der Waals surface area (Å²) in [6.45, 7) is 6.95. The molecule has 0 atom stereocenters. The predicted molar refractivity (Wildman–Crippen MR) is 79.6 cm³/mol. The minimum absolute atomic E-state index is 0.578. The molecule has 6 heteroatoms. The van der Waals surface area contributed by atoms with Crippen LogP contribution in [0, 0.1) is 5.92 Å². The summed E-state index contributed by atoms with van der Waals surface area (Å²) in [6, 6.07) is 4.02. The van der Waals surface area contributed by atoms with Gasteiger partial charge < -0.3 is 5.32 Å². The molecule has 0 aliphatic heterocycles. The lowest BCUT2D eigenvalue weighted by Gasteiger charge is -2.09. The Labute approximate surface area is 122 Å². The monoisotopic (exact) mass is 298 g/mol. The molecule has 0 spiro atoms. The van der Waals surface area contributed by atoms with E-state index in [1.807, 2.05) is 10.7 Å². The second kappa shape index (κ2) is 7.03. The minimum Gasteiger partial charge on any atom is -0.309 e. The van der Waals surface area contributed by atoms with Crippen molar-refractivity contribution < 1.29 is 0 Å². The van der Waals surface area contributed by atoms with Crippen LogP contribution in [0.1, 0.15) is 24.5 Å². The van der Waals surface area contributed by atoms with E-state index in [-0.39, 0.29) is 0 Å². The third kappa shape index (κ3) is 4.60. The summed E-state index contributed by atoms with van der Waals surface area (Å²) >= 11 is 7.54. The first kappa shape index (κ1) is 14.5. The highest BCUT2D eigenvalue weighted by atomic mass is 35.5. The van der Waals surface area contributed by atoms with Gasteiger partial charge in [0, 0.05) is 18.0 Å². The summed E-state index contributed by atoms with van der Waals surface area (Å²) in [5.74, 6) is 1.58. The molecule has 0 fully saturated rings. The van der Waals surface area contributed by atoms with Crippen LogP contribution < -0.4 is 5.32 Å². The average Bonchev–Trinajstić information content (AvgIpc) is 2.94. The summed E-state index contributed by atoms with van der Waals surface area (Å²) in [5.41, 5.74) is 0. The van der Waals surface area contributed by atoms with E-state index in [4.69, 9.17) is 11.6 Å². The first-order valence-electron chi connectivity index (χ1n) is 6.46. The van der Waals surface area contributed by atoms with Gasteiger partial charge in [-0.05, 0) is 24.5 Å². The van der Waals surface area contributed by atoms with Crippen molar-refractivity contribution in [2.45, 2.75) is 33.4 Å². The van der Waals surface area contributed by atoms with Crippen molar-refractivity contribution in [3.05, 3.63) is 33.5 Å². The molecule has 0 unspecified atom stereocenters. The van der Waals surface area contributed by atoms with E-state index in [0.29, 0.717) is 5.92 Å². The van der Waals surface area contributed by atoms with Crippen molar-refractivity contribution in [2.24, 2.45) is 5.92 Å². The lowest BCUT2D eigenvalue weighted by molar-refractivity contribution is 0.458. The molecular formula is C13H19ClN4S. The lowest BCUT2D eigenvalue weighted by atomic mass is 10.2. The van der Waals surface area contributed by atoms with Gasteiger partial charge in [0.15, 0.2) is 0 Å². The maximum atomic E-state index is 5.90. The quantitative estimate of drug-likeness (QED) is 0.799. The molecule has 2 rings (SSSR count). The van der Waals surface area contributed by atoms with Crippen LogP contribution in [0.15, 0.2) is 18.5 Å². The fourth-order valence-corrected chi connectivity index (χ4v) is 2.91. The summed E-state index contributed by atoms with van der Waals surface area (Å²) in [6.07, 6.45) is 2.62. The minimum atomic E-state index is 0.578. The lowest BCUT2D eigenvalue weighted by Crippen LogP contribution is -2.20. The molecule has 0 aliphatic rings. The number of rotatable bonds is 7. The largest absolute Gasteiger partial charge is 0.309 e. The highest BCUT2D eigenvalue weighted by Gasteiger charge is 2.05. The van der Waals surface area contributed by atoms with Crippen molar-refractivity contribution in [2.75, 3.05) is 6.54 Å². The van der Waals surface area contributed by atoms with Gasteiger partial charge in [0.2, 0.25) is 0 Å². The zero-order valence-electron chi connectivity index (χ0n) is 11.3. The van der Waals surface area contributed by atoms with Crippen LogP contribution >= 0.6 is 22.9 Å². The molecule has 0 saturated carbocycles. The Morgan fingerprint density at radius 2 is 2.26 bits per heavy atom. The summed E-state index contributed by atoms with van der Waals surface area (Å²) in [4.78, 5) is 5.60. The second-order valence-electron chi connectivity index (χ2n) is 4.88. The smallest absolute Gasteiger partial charge is 0.140 e. The molecule has 4 nitrogen and oxygen atoms in total. The van der Waals surface area contributed by atoms with Crippen LogP contribution in [0.4, 0.5) is 0 Å². The van der Waals surface area contributed by atoms with Crippen LogP contribution in [-0.2, 0) is 19.5 Å². The third-order valence-electron chi connectivity index (χ3n) is 2.69. The van der Waals surface area contributed by atoms with E-state index in [0.717, 1.165) is 36.2 Å². The van der Waals surface area contributed by atoms with Crippen LogP contribution in [-0.4, -0.2) is 21.3 Å². The normalized spacial score (nSPS) is 11.4. The Morgan fingerprint density at radius 1 is 1.42 bits per heavy atom. The molecule has 2 heterocycles. The van der Waals surface area contributed by atoms with Gasteiger partial charge >= 0.3 is 0 Å². The molecule has 2 aromatic rings. The first-order chi connectivity index (χ1) is 9.15. The highest BCUT2D eigenvalue weighted by Crippen LogP contribution is 2.21. The van der Waals surface area contributed by atoms with Gasteiger partial charge in [0.1, 0.15) is 12.2 Å². The fraction of sp³-hybridized carbons (Fsp3) is 0.538. The van der Waals surface area contributed by atoms with Crippen molar-refractivity contribution in [3.63, 3.8) is 0 Å². The molecule has 0 aliphatic carbocycles. The number of aromatic nitrogens is 3. The van der Waals surface area contributed by atoms with E-state index >= 15 is 0 Å². The average molecular weight is 299 g/mol. The zero-order valence-corrected chi connectivity index (χ0v) is 12.8. The van der Waals surface area contributed by atoms with Crippen LogP contribution in [0.2, 0.25) is 4.34 Å². The van der Waals surface area contributed by atoms with Gasteiger partial charge in [-0.15, -0.1) is 11.3 Å². The number of thiophene rings is 1. The van der Waals surface area contributed by atoms with E-state index in [9.17, 15) is 0 Å². The molecule has 104 valence electrons. The molecule has 0 saturated heterocycles. The number of hydrogen-bond acceptors (Lipinski definition) is 4. The predicted octanol–water partition coefficient (Wildman–Crippen LogP) is 2.98. The Bertz CT molecular complexity index is 506. The molecule has 19 heavy (non-hydrogen) atoms. The Balaban J connectivity index is 1.75.